The molecule has 3 N–H and O–H groups in total. The topological polar surface area (TPSA) is 78.8 Å². The average molecular weight is 301 g/mol. The molecule has 1 unspecified atom stereocenters. The fraction of sp³-hybridized carbons (Fsp3) is 0.235. The van der Waals surface area contributed by atoms with E-state index in [9.17, 15) is 15.0 Å². The van der Waals surface area contributed by atoms with E-state index in [1.807, 2.05) is 12.1 Å². The van der Waals surface area contributed by atoms with Gasteiger partial charge >= 0.3 is 0 Å². The number of nitrogens with one attached hydrogen (secondary N) is 1. The molecule has 22 heavy (non-hydrogen) atoms. The van der Waals surface area contributed by atoms with Crippen molar-refractivity contribution in [3.05, 3.63) is 48.0 Å². The Morgan fingerprint density at radius 3 is 2.59 bits per heavy atom. The van der Waals surface area contributed by atoms with Crippen molar-refractivity contribution in [2.75, 3.05) is 12.4 Å². The number of para-hydroxylation sites is 2. The highest BCUT2D eigenvalue weighted by Crippen LogP contribution is 2.27. The molecular formula is C17H19NO4. The molecule has 0 aliphatic heterocycles. The van der Waals surface area contributed by atoms with Crippen LogP contribution < -0.4 is 10.1 Å². The Morgan fingerprint density at radius 2 is 1.91 bits per heavy atom. The zero-order valence-electron chi connectivity index (χ0n) is 12.5. The maximum absolute atomic E-state index is 12.3. The minimum atomic E-state index is -0.297. The van der Waals surface area contributed by atoms with E-state index in [1.54, 1.807) is 32.2 Å². The molecule has 1 atom stereocenters. The van der Waals surface area contributed by atoms with Gasteiger partial charge in [-0.2, -0.15) is 0 Å². The van der Waals surface area contributed by atoms with Gasteiger partial charge in [-0.25, -0.2) is 0 Å². The molecule has 0 aliphatic rings. The van der Waals surface area contributed by atoms with Crippen LogP contribution in [0.5, 0.6) is 17.2 Å². The van der Waals surface area contributed by atoms with Gasteiger partial charge in [0.2, 0.25) is 5.91 Å². The van der Waals surface area contributed by atoms with Crippen LogP contribution in [0.25, 0.3) is 0 Å². The molecule has 116 valence electrons. The van der Waals surface area contributed by atoms with Gasteiger partial charge in [0.25, 0.3) is 0 Å². The van der Waals surface area contributed by atoms with Crippen molar-refractivity contribution in [3.8, 4) is 17.2 Å². The summed E-state index contributed by atoms with van der Waals surface area (Å²) in [5, 5.41) is 21.6. The predicted octanol–water partition coefficient (Wildman–Crippen LogP) is 2.92. The molecule has 0 saturated heterocycles. The van der Waals surface area contributed by atoms with Crippen LogP contribution in [0.2, 0.25) is 0 Å². The third-order valence-electron chi connectivity index (χ3n) is 3.39. The Balaban J connectivity index is 2.04. The molecule has 0 heterocycles. The molecule has 0 saturated carbocycles. The molecular weight excluding hydrogens is 282 g/mol. The molecule has 2 rings (SSSR count). The molecule has 5 nitrogen and oxygen atoms in total. The van der Waals surface area contributed by atoms with E-state index < -0.39 is 0 Å². The number of aromatic hydroxyl groups is 2. The highest BCUT2D eigenvalue weighted by Gasteiger charge is 2.16. The first kappa shape index (κ1) is 15.7. The molecule has 0 bridgehead atoms. The summed E-state index contributed by atoms with van der Waals surface area (Å²) in [4.78, 5) is 12.3. The Bertz CT molecular complexity index is 669. The Kier molecular flexibility index (Phi) is 4.88. The first-order valence-corrected chi connectivity index (χ1v) is 6.96. The van der Waals surface area contributed by atoms with Crippen LogP contribution in [0.1, 0.15) is 12.5 Å². The molecule has 2 aromatic carbocycles. The molecule has 0 radical (unpaired) electrons. The summed E-state index contributed by atoms with van der Waals surface area (Å²) in [5.74, 6) is -0.194. The first-order valence-electron chi connectivity index (χ1n) is 6.96. The van der Waals surface area contributed by atoms with Crippen molar-refractivity contribution < 1.29 is 19.7 Å². The van der Waals surface area contributed by atoms with Crippen LogP contribution in [0.15, 0.2) is 42.5 Å². The largest absolute Gasteiger partial charge is 0.504 e. The lowest BCUT2D eigenvalue weighted by Gasteiger charge is -2.14. The fourth-order valence-electron chi connectivity index (χ4n) is 2.15. The average Bonchev–Trinajstić information content (AvgIpc) is 2.51. The van der Waals surface area contributed by atoms with E-state index in [-0.39, 0.29) is 23.3 Å². The van der Waals surface area contributed by atoms with Crippen LogP contribution in [0.4, 0.5) is 5.69 Å². The third-order valence-corrected chi connectivity index (χ3v) is 3.39. The highest BCUT2D eigenvalue weighted by molar-refractivity contribution is 5.93. The van der Waals surface area contributed by atoms with Crippen LogP contribution in [0, 0.1) is 5.92 Å². The Hall–Kier alpha value is -2.69. The number of hydrogen-bond acceptors (Lipinski definition) is 4. The van der Waals surface area contributed by atoms with Crippen molar-refractivity contribution >= 4 is 11.6 Å². The van der Waals surface area contributed by atoms with Crippen molar-refractivity contribution in [2.45, 2.75) is 13.3 Å². The third kappa shape index (κ3) is 3.69. The van der Waals surface area contributed by atoms with E-state index in [4.69, 9.17) is 4.74 Å². The molecule has 1 amide bonds. The summed E-state index contributed by atoms with van der Waals surface area (Å²) >= 11 is 0. The summed E-state index contributed by atoms with van der Waals surface area (Å²) < 4.78 is 5.20. The fourth-order valence-corrected chi connectivity index (χ4v) is 2.15. The summed E-state index contributed by atoms with van der Waals surface area (Å²) in [5.41, 5.74) is 1.40. The maximum atomic E-state index is 12.3. The number of carbonyl (C=O) groups is 1. The molecule has 2 aromatic rings. The number of benzene rings is 2. The van der Waals surface area contributed by atoms with Gasteiger partial charge in [-0.1, -0.05) is 25.1 Å². The second kappa shape index (κ2) is 6.85. The summed E-state index contributed by atoms with van der Waals surface area (Å²) in [6, 6.07) is 11.8. The standard InChI is InChI=1S/C17H19NO4/c1-11(9-12-7-8-14(19)15(20)10-12)17(21)18-13-5-3-4-6-16(13)22-2/h3-8,10-11,19-20H,9H2,1-2H3,(H,18,21). The van der Waals surface area contributed by atoms with Crippen LogP contribution in [-0.4, -0.2) is 23.2 Å². The monoisotopic (exact) mass is 301 g/mol. The van der Waals surface area contributed by atoms with E-state index in [0.29, 0.717) is 17.9 Å². The second-order valence-electron chi connectivity index (χ2n) is 5.12. The van der Waals surface area contributed by atoms with E-state index in [1.165, 1.54) is 12.1 Å². The lowest BCUT2D eigenvalue weighted by atomic mass is 10.00. The van der Waals surface area contributed by atoms with Gasteiger partial charge in [0.1, 0.15) is 5.75 Å². The van der Waals surface area contributed by atoms with Gasteiger partial charge in [-0.05, 0) is 36.2 Å². The molecule has 5 heteroatoms. The quantitative estimate of drug-likeness (QED) is 0.742. The molecule has 0 fully saturated rings. The SMILES string of the molecule is COc1ccccc1NC(=O)C(C)Cc1ccc(O)c(O)c1. The van der Waals surface area contributed by atoms with Crippen LogP contribution in [-0.2, 0) is 11.2 Å². The lowest BCUT2D eigenvalue weighted by molar-refractivity contribution is -0.119. The van der Waals surface area contributed by atoms with Crippen LogP contribution >= 0.6 is 0 Å². The Morgan fingerprint density at radius 1 is 1.18 bits per heavy atom. The summed E-state index contributed by atoms with van der Waals surface area (Å²) in [6.07, 6.45) is 0.453. The number of methoxy groups -OCH3 is 1. The number of carbonyl (C=O) groups excluding carboxylic acids is 1. The first-order chi connectivity index (χ1) is 10.5. The summed E-state index contributed by atoms with van der Waals surface area (Å²) in [7, 11) is 1.55. The number of amides is 1. The van der Waals surface area contributed by atoms with E-state index in [0.717, 1.165) is 5.56 Å². The van der Waals surface area contributed by atoms with Crippen LogP contribution in [0.3, 0.4) is 0 Å². The zero-order valence-corrected chi connectivity index (χ0v) is 12.5. The van der Waals surface area contributed by atoms with Crippen molar-refractivity contribution in [1.29, 1.82) is 0 Å². The zero-order chi connectivity index (χ0) is 16.1. The van der Waals surface area contributed by atoms with E-state index in [2.05, 4.69) is 5.32 Å². The number of hydrogen-bond donors (Lipinski definition) is 3. The number of ether oxygens (including phenoxy) is 1. The lowest BCUT2D eigenvalue weighted by Crippen LogP contribution is -2.22. The van der Waals surface area contributed by atoms with Gasteiger partial charge in [0.05, 0.1) is 12.8 Å². The minimum absolute atomic E-state index is 0.142. The van der Waals surface area contributed by atoms with Crippen molar-refractivity contribution in [1.82, 2.24) is 0 Å². The van der Waals surface area contributed by atoms with E-state index >= 15 is 0 Å². The molecule has 0 spiro atoms. The number of rotatable bonds is 5. The molecule has 0 aliphatic carbocycles. The maximum Gasteiger partial charge on any atom is 0.227 e. The normalized spacial score (nSPS) is 11.7. The van der Waals surface area contributed by atoms with Crippen molar-refractivity contribution in [3.63, 3.8) is 0 Å². The Labute approximate surface area is 129 Å². The number of phenols is 2. The number of anilines is 1. The summed E-state index contributed by atoms with van der Waals surface area (Å²) in [6.45, 7) is 1.80. The van der Waals surface area contributed by atoms with Gasteiger partial charge < -0.3 is 20.3 Å². The van der Waals surface area contributed by atoms with Gasteiger partial charge in [0, 0.05) is 5.92 Å². The minimum Gasteiger partial charge on any atom is -0.504 e. The van der Waals surface area contributed by atoms with Crippen molar-refractivity contribution in [2.24, 2.45) is 5.92 Å². The predicted molar refractivity (Wildman–Crippen MR) is 84.3 cm³/mol. The highest BCUT2D eigenvalue weighted by atomic mass is 16.5. The number of phenolic OH excluding ortho intramolecular Hbond substituents is 2. The smallest absolute Gasteiger partial charge is 0.227 e. The van der Waals surface area contributed by atoms with Gasteiger partial charge in [-0.3, -0.25) is 4.79 Å². The molecule has 0 aromatic heterocycles. The van der Waals surface area contributed by atoms with Gasteiger partial charge in [0.15, 0.2) is 11.5 Å². The second-order valence-corrected chi connectivity index (χ2v) is 5.12. The van der Waals surface area contributed by atoms with Gasteiger partial charge in [-0.15, -0.1) is 0 Å².